The molecule has 5 nitrogen and oxygen atoms in total. The minimum atomic E-state index is -0.872. The Labute approximate surface area is 142 Å². The number of thiazole rings is 1. The van der Waals surface area contributed by atoms with E-state index in [9.17, 15) is 13.6 Å². The second kappa shape index (κ2) is 7.33. The van der Waals surface area contributed by atoms with Crippen LogP contribution in [0.25, 0.3) is 0 Å². The van der Waals surface area contributed by atoms with Crippen LogP contribution in [0.2, 0.25) is 0 Å². The molecule has 0 spiro atoms. The lowest BCUT2D eigenvalue weighted by Crippen LogP contribution is -2.53. The molecule has 1 saturated heterocycles. The number of hydrogen-bond acceptors (Lipinski definition) is 5. The topological polar surface area (TPSA) is 63.2 Å². The number of ether oxygens (including phenoxy) is 1. The monoisotopic (exact) mass is 353 g/mol. The van der Waals surface area contributed by atoms with Crippen molar-refractivity contribution in [1.82, 2.24) is 10.3 Å². The third-order valence-corrected chi connectivity index (χ3v) is 4.66. The van der Waals surface area contributed by atoms with E-state index in [4.69, 9.17) is 4.74 Å². The summed E-state index contributed by atoms with van der Waals surface area (Å²) < 4.78 is 31.6. The van der Waals surface area contributed by atoms with E-state index >= 15 is 0 Å². The number of benzene rings is 1. The first-order chi connectivity index (χ1) is 11.5. The number of carbonyl (C=O) groups excluding carboxylic acids is 1. The molecular weight excluding hydrogens is 336 g/mol. The first-order valence-electron chi connectivity index (χ1n) is 7.57. The fourth-order valence-corrected chi connectivity index (χ4v) is 3.36. The lowest BCUT2D eigenvalue weighted by atomic mass is 10.1. The SMILES string of the molecule is C[C@H]1OCCN[C@@H]1C(=O)Nc1ncc(Cc2ccc(F)c(F)c2)s1. The van der Waals surface area contributed by atoms with Crippen LogP contribution in [0.1, 0.15) is 17.4 Å². The van der Waals surface area contributed by atoms with Crippen molar-refractivity contribution in [1.29, 1.82) is 0 Å². The second-order valence-electron chi connectivity index (χ2n) is 5.55. The van der Waals surface area contributed by atoms with Crippen molar-refractivity contribution in [2.45, 2.75) is 25.5 Å². The van der Waals surface area contributed by atoms with E-state index in [1.54, 1.807) is 6.20 Å². The molecule has 2 atom stereocenters. The molecule has 1 amide bonds. The van der Waals surface area contributed by atoms with Crippen molar-refractivity contribution in [2.75, 3.05) is 18.5 Å². The number of morpholine rings is 1. The zero-order chi connectivity index (χ0) is 17.1. The summed E-state index contributed by atoms with van der Waals surface area (Å²) in [5.74, 6) is -1.94. The summed E-state index contributed by atoms with van der Waals surface area (Å²) in [6.45, 7) is 3.05. The number of rotatable bonds is 4. The Morgan fingerprint density at radius 1 is 1.46 bits per heavy atom. The minimum absolute atomic E-state index is 0.198. The number of anilines is 1. The van der Waals surface area contributed by atoms with E-state index in [1.807, 2.05) is 6.92 Å². The maximum absolute atomic E-state index is 13.2. The van der Waals surface area contributed by atoms with Crippen LogP contribution in [0.3, 0.4) is 0 Å². The predicted octanol–water partition coefficient (Wildman–Crippen LogP) is 2.33. The molecule has 2 heterocycles. The highest BCUT2D eigenvalue weighted by Crippen LogP contribution is 2.22. The van der Waals surface area contributed by atoms with Gasteiger partial charge in [-0.3, -0.25) is 4.79 Å². The number of aromatic nitrogens is 1. The van der Waals surface area contributed by atoms with Crippen LogP contribution in [-0.2, 0) is 16.0 Å². The zero-order valence-corrected chi connectivity index (χ0v) is 13.8. The maximum atomic E-state index is 13.2. The largest absolute Gasteiger partial charge is 0.375 e. The first kappa shape index (κ1) is 16.9. The molecule has 0 aliphatic carbocycles. The molecule has 8 heteroatoms. The van der Waals surface area contributed by atoms with Gasteiger partial charge in [0.15, 0.2) is 16.8 Å². The molecule has 1 aromatic carbocycles. The summed E-state index contributed by atoms with van der Waals surface area (Å²) in [6, 6.07) is 3.38. The Balaban J connectivity index is 1.62. The van der Waals surface area contributed by atoms with Crippen molar-refractivity contribution in [3.63, 3.8) is 0 Å². The Morgan fingerprint density at radius 2 is 2.29 bits per heavy atom. The Morgan fingerprint density at radius 3 is 3.04 bits per heavy atom. The van der Waals surface area contributed by atoms with Crippen LogP contribution in [0.4, 0.5) is 13.9 Å². The summed E-state index contributed by atoms with van der Waals surface area (Å²) in [5.41, 5.74) is 0.645. The fraction of sp³-hybridized carbons (Fsp3) is 0.375. The number of nitrogens with one attached hydrogen (secondary N) is 2. The van der Waals surface area contributed by atoms with Gasteiger partial charge in [-0.05, 0) is 24.6 Å². The highest BCUT2D eigenvalue weighted by molar-refractivity contribution is 7.15. The number of amides is 1. The lowest BCUT2D eigenvalue weighted by molar-refractivity contribution is -0.123. The Kier molecular flexibility index (Phi) is 5.17. The van der Waals surface area contributed by atoms with Crippen LogP contribution in [-0.4, -0.2) is 36.2 Å². The second-order valence-corrected chi connectivity index (χ2v) is 6.67. The smallest absolute Gasteiger partial charge is 0.245 e. The summed E-state index contributed by atoms with van der Waals surface area (Å²) >= 11 is 1.30. The molecule has 2 aromatic rings. The third kappa shape index (κ3) is 3.95. The fourth-order valence-electron chi connectivity index (χ4n) is 2.51. The summed E-state index contributed by atoms with van der Waals surface area (Å²) in [6.07, 6.45) is 1.84. The number of carbonyl (C=O) groups is 1. The highest BCUT2D eigenvalue weighted by Gasteiger charge is 2.28. The van der Waals surface area contributed by atoms with E-state index in [1.165, 1.54) is 17.4 Å². The van der Waals surface area contributed by atoms with E-state index in [2.05, 4.69) is 15.6 Å². The molecule has 0 saturated carbocycles. The highest BCUT2D eigenvalue weighted by atomic mass is 32.1. The average molecular weight is 353 g/mol. The van der Waals surface area contributed by atoms with Gasteiger partial charge in [-0.2, -0.15) is 0 Å². The van der Waals surface area contributed by atoms with Gasteiger partial charge in [-0.25, -0.2) is 13.8 Å². The molecule has 1 aliphatic heterocycles. The van der Waals surface area contributed by atoms with E-state index in [-0.39, 0.29) is 12.0 Å². The minimum Gasteiger partial charge on any atom is -0.375 e. The van der Waals surface area contributed by atoms with Crippen molar-refractivity contribution in [3.8, 4) is 0 Å². The maximum Gasteiger partial charge on any atom is 0.245 e. The van der Waals surface area contributed by atoms with Crippen LogP contribution >= 0.6 is 11.3 Å². The molecule has 3 rings (SSSR count). The normalized spacial score (nSPS) is 20.8. The van der Waals surface area contributed by atoms with Gasteiger partial charge in [0.25, 0.3) is 0 Å². The van der Waals surface area contributed by atoms with Crippen molar-refractivity contribution in [3.05, 3.63) is 46.5 Å². The first-order valence-corrected chi connectivity index (χ1v) is 8.39. The number of nitrogens with zero attached hydrogens (tertiary/aromatic N) is 1. The zero-order valence-electron chi connectivity index (χ0n) is 13.0. The van der Waals surface area contributed by atoms with Gasteiger partial charge in [0.1, 0.15) is 6.04 Å². The van der Waals surface area contributed by atoms with Gasteiger partial charge in [-0.15, -0.1) is 11.3 Å². The summed E-state index contributed by atoms with van der Waals surface area (Å²) in [5, 5.41) is 6.34. The number of halogens is 2. The lowest BCUT2D eigenvalue weighted by Gasteiger charge is -2.28. The summed E-state index contributed by atoms with van der Waals surface area (Å²) in [4.78, 5) is 17.3. The standard InChI is InChI=1S/C16H17F2N3O2S/c1-9-14(19-4-5-23-9)15(22)21-16-20-8-11(24-16)6-10-2-3-12(17)13(18)7-10/h2-3,7-9,14,19H,4-6H2,1H3,(H,20,21,22)/t9-,14+/m1/s1. The van der Waals surface area contributed by atoms with Gasteiger partial charge in [0, 0.05) is 24.0 Å². The average Bonchev–Trinajstić information content (AvgIpc) is 2.98. The molecule has 2 N–H and O–H groups in total. The molecule has 0 bridgehead atoms. The molecular formula is C16H17F2N3O2S. The Hall–Kier alpha value is -1.90. The van der Waals surface area contributed by atoms with E-state index < -0.39 is 17.7 Å². The van der Waals surface area contributed by atoms with Crippen LogP contribution in [0.15, 0.2) is 24.4 Å². The predicted molar refractivity (Wildman–Crippen MR) is 87.1 cm³/mol. The van der Waals surface area contributed by atoms with E-state index in [0.717, 1.165) is 17.0 Å². The van der Waals surface area contributed by atoms with Crippen LogP contribution in [0.5, 0.6) is 0 Å². The summed E-state index contributed by atoms with van der Waals surface area (Å²) in [7, 11) is 0. The number of hydrogen-bond donors (Lipinski definition) is 2. The van der Waals surface area contributed by atoms with Crippen molar-refractivity contribution < 1.29 is 18.3 Å². The Bertz CT molecular complexity index is 738. The molecule has 0 radical (unpaired) electrons. The molecule has 128 valence electrons. The third-order valence-electron chi connectivity index (χ3n) is 3.75. The van der Waals surface area contributed by atoms with Gasteiger partial charge >= 0.3 is 0 Å². The van der Waals surface area contributed by atoms with Crippen LogP contribution < -0.4 is 10.6 Å². The van der Waals surface area contributed by atoms with Crippen molar-refractivity contribution >= 4 is 22.4 Å². The molecule has 1 fully saturated rings. The van der Waals surface area contributed by atoms with Gasteiger partial charge in [-0.1, -0.05) is 6.07 Å². The van der Waals surface area contributed by atoms with Gasteiger partial charge < -0.3 is 15.4 Å². The van der Waals surface area contributed by atoms with Gasteiger partial charge in [0.05, 0.1) is 12.7 Å². The molecule has 0 unspecified atom stereocenters. The quantitative estimate of drug-likeness (QED) is 0.886. The van der Waals surface area contributed by atoms with Crippen molar-refractivity contribution in [2.24, 2.45) is 0 Å². The molecule has 24 heavy (non-hydrogen) atoms. The molecule has 1 aromatic heterocycles. The van der Waals surface area contributed by atoms with E-state index in [0.29, 0.717) is 30.3 Å². The van der Waals surface area contributed by atoms with Gasteiger partial charge in [0.2, 0.25) is 5.91 Å². The molecule has 1 aliphatic rings. The van der Waals surface area contributed by atoms with Crippen LogP contribution in [0, 0.1) is 11.6 Å².